The summed E-state index contributed by atoms with van der Waals surface area (Å²) in [7, 11) is 2.10. The number of nitrogens with zero attached hydrogens (tertiary/aromatic N) is 3. The molecule has 0 atom stereocenters. The number of hydrogen-bond acceptors (Lipinski definition) is 3. The van der Waals surface area contributed by atoms with Crippen LogP contribution in [-0.4, -0.2) is 19.5 Å². The molecule has 5 nitrogen and oxygen atoms in total. The number of pyridine rings is 2. The first kappa shape index (κ1) is 16.1. The van der Waals surface area contributed by atoms with Crippen molar-refractivity contribution in [2.24, 2.45) is 7.05 Å². The second-order valence-corrected chi connectivity index (χ2v) is 7.34. The van der Waals surface area contributed by atoms with E-state index in [2.05, 4.69) is 86.5 Å². The predicted molar refractivity (Wildman–Crippen MR) is 119 cm³/mol. The Balaban J connectivity index is 1.45. The van der Waals surface area contributed by atoms with Crippen LogP contribution in [0.25, 0.3) is 43.6 Å². The molecule has 0 aliphatic carbocycles. The summed E-state index contributed by atoms with van der Waals surface area (Å²) >= 11 is 0. The summed E-state index contributed by atoms with van der Waals surface area (Å²) in [4.78, 5) is 12.8. The number of fused-ring (bicyclic) bond motifs is 6. The Hall–Kier alpha value is -3.86. The molecule has 0 aliphatic rings. The average Bonchev–Trinajstić information content (AvgIpc) is 3.29. The lowest BCUT2D eigenvalue weighted by Gasteiger charge is -2.09. The monoisotopic (exact) mass is 377 g/mol. The van der Waals surface area contributed by atoms with Crippen molar-refractivity contribution in [2.75, 3.05) is 5.32 Å². The molecule has 2 aromatic carbocycles. The van der Waals surface area contributed by atoms with Gasteiger partial charge in [0, 0.05) is 52.0 Å². The smallest absolute Gasteiger partial charge is 0.150 e. The van der Waals surface area contributed by atoms with Gasteiger partial charge in [-0.15, -0.1) is 0 Å². The number of aromatic amines is 1. The van der Waals surface area contributed by atoms with Crippen molar-refractivity contribution in [1.29, 1.82) is 0 Å². The third-order valence-corrected chi connectivity index (χ3v) is 5.74. The summed E-state index contributed by atoms with van der Waals surface area (Å²) < 4.78 is 2.23. The average molecular weight is 377 g/mol. The number of H-pyrrole nitrogens is 1. The van der Waals surface area contributed by atoms with Gasteiger partial charge in [0.15, 0.2) is 5.82 Å². The Bertz CT molecular complexity index is 1520. The number of anilines is 1. The maximum Gasteiger partial charge on any atom is 0.150 e. The van der Waals surface area contributed by atoms with Gasteiger partial charge in [-0.3, -0.25) is 4.98 Å². The van der Waals surface area contributed by atoms with Crippen LogP contribution in [0, 0.1) is 0 Å². The molecular weight excluding hydrogens is 358 g/mol. The Labute approximate surface area is 167 Å². The van der Waals surface area contributed by atoms with Crippen LogP contribution in [0.4, 0.5) is 5.82 Å². The van der Waals surface area contributed by atoms with Crippen molar-refractivity contribution in [2.45, 2.75) is 6.54 Å². The molecule has 6 aromatic rings. The molecule has 0 amide bonds. The summed E-state index contributed by atoms with van der Waals surface area (Å²) in [6, 6.07) is 21.0. The fourth-order valence-corrected chi connectivity index (χ4v) is 4.41. The molecule has 0 aliphatic heterocycles. The third-order valence-electron chi connectivity index (χ3n) is 5.74. The lowest BCUT2D eigenvalue weighted by molar-refractivity contribution is 0.969. The van der Waals surface area contributed by atoms with Gasteiger partial charge < -0.3 is 14.9 Å². The second-order valence-electron chi connectivity index (χ2n) is 7.34. The highest BCUT2D eigenvalue weighted by atomic mass is 15.0. The minimum Gasteiger partial charge on any atom is -0.363 e. The zero-order valence-electron chi connectivity index (χ0n) is 16.0. The molecule has 2 N–H and O–H groups in total. The molecule has 4 aromatic heterocycles. The number of nitrogens with one attached hydrogen (secondary N) is 2. The van der Waals surface area contributed by atoms with E-state index in [0.29, 0.717) is 6.54 Å². The molecule has 0 unspecified atom stereocenters. The van der Waals surface area contributed by atoms with Gasteiger partial charge in [-0.2, -0.15) is 0 Å². The van der Waals surface area contributed by atoms with Crippen molar-refractivity contribution >= 4 is 49.4 Å². The van der Waals surface area contributed by atoms with Gasteiger partial charge >= 0.3 is 0 Å². The highest BCUT2D eigenvalue weighted by molar-refractivity contribution is 6.10. The van der Waals surface area contributed by atoms with Crippen LogP contribution in [0.3, 0.4) is 0 Å². The molecule has 0 fully saturated rings. The topological polar surface area (TPSA) is 58.5 Å². The number of aromatic nitrogens is 4. The zero-order valence-corrected chi connectivity index (χ0v) is 16.0. The predicted octanol–water partition coefficient (Wildman–Crippen LogP) is 5.37. The lowest BCUT2D eigenvalue weighted by atomic mass is 10.1. The SMILES string of the molecule is Cn1c2ccccc2c2ccnc(CNc3nccc4c3[nH]c3ccccc34)c21. The molecule has 0 spiro atoms. The van der Waals surface area contributed by atoms with Crippen LogP contribution >= 0.6 is 0 Å². The molecule has 0 bridgehead atoms. The third kappa shape index (κ3) is 2.34. The van der Waals surface area contributed by atoms with Crippen molar-refractivity contribution in [3.63, 3.8) is 0 Å². The minimum absolute atomic E-state index is 0.600. The van der Waals surface area contributed by atoms with Crippen molar-refractivity contribution < 1.29 is 0 Å². The van der Waals surface area contributed by atoms with Crippen molar-refractivity contribution in [1.82, 2.24) is 19.5 Å². The molecular formula is C24H19N5. The van der Waals surface area contributed by atoms with Crippen molar-refractivity contribution in [3.05, 3.63) is 78.8 Å². The molecule has 29 heavy (non-hydrogen) atoms. The first-order valence-corrected chi connectivity index (χ1v) is 9.71. The van der Waals surface area contributed by atoms with E-state index >= 15 is 0 Å². The standard InChI is InChI=1S/C24H19N5/c1-29-21-9-5-3-7-16(21)18-11-12-25-20(23(18)29)14-27-24-22-17(10-13-26-24)15-6-2-4-8-19(15)28-22/h2-13,28H,14H2,1H3,(H,26,27). The molecule has 6 rings (SSSR count). The fourth-order valence-electron chi connectivity index (χ4n) is 4.41. The normalized spacial score (nSPS) is 11.8. The van der Waals surface area contributed by atoms with E-state index in [0.717, 1.165) is 28.1 Å². The summed E-state index contributed by atoms with van der Waals surface area (Å²) in [5, 5.41) is 8.38. The Morgan fingerprint density at radius 2 is 1.59 bits per heavy atom. The van der Waals surface area contributed by atoms with Gasteiger partial charge in [-0.25, -0.2) is 4.98 Å². The van der Waals surface area contributed by atoms with Crippen LogP contribution in [0.15, 0.2) is 73.1 Å². The largest absolute Gasteiger partial charge is 0.363 e. The quantitative estimate of drug-likeness (QED) is 0.436. The highest BCUT2D eigenvalue weighted by Crippen LogP contribution is 2.31. The summed E-state index contributed by atoms with van der Waals surface area (Å²) in [5.41, 5.74) is 5.53. The van der Waals surface area contributed by atoms with E-state index in [9.17, 15) is 0 Å². The number of rotatable bonds is 3. The van der Waals surface area contributed by atoms with Crippen LogP contribution in [-0.2, 0) is 13.6 Å². The maximum atomic E-state index is 4.68. The molecule has 0 saturated heterocycles. The van der Waals surface area contributed by atoms with Gasteiger partial charge in [0.25, 0.3) is 0 Å². The molecule has 0 radical (unpaired) electrons. The van der Waals surface area contributed by atoms with E-state index in [1.165, 1.54) is 27.1 Å². The van der Waals surface area contributed by atoms with E-state index < -0.39 is 0 Å². The highest BCUT2D eigenvalue weighted by Gasteiger charge is 2.13. The number of hydrogen-bond donors (Lipinski definition) is 2. The molecule has 5 heteroatoms. The van der Waals surface area contributed by atoms with Crippen LogP contribution in [0.5, 0.6) is 0 Å². The summed E-state index contributed by atoms with van der Waals surface area (Å²) in [6.07, 6.45) is 3.75. The Morgan fingerprint density at radius 3 is 2.52 bits per heavy atom. The maximum absolute atomic E-state index is 4.68. The van der Waals surface area contributed by atoms with Gasteiger partial charge in [0.2, 0.25) is 0 Å². The molecule has 4 heterocycles. The van der Waals surface area contributed by atoms with E-state index in [4.69, 9.17) is 0 Å². The van der Waals surface area contributed by atoms with Gasteiger partial charge in [0.1, 0.15) is 0 Å². The van der Waals surface area contributed by atoms with Crippen LogP contribution in [0.1, 0.15) is 5.69 Å². The fraction of sp³-hybridized carbons (Fsp3) is 0.0833. The van der Waals surface area contributed by atoms with Gasteiger partial charge in [-0.1, -0.05) is 36.4 Å². The molecule has 140 valence electrons. The van der Waals surface area contributed by atoms with Gasteiger partial charge in [0.05, 0.1) is 23.3 Å². The number of aryl methyl sites for hydroxylation is 1. The second kappa shape index (κ2) is 6.07. The Kier molecular flexibility index (Phi) is 3.38. The van der Waals surface area contributed by atoms with E-state index in [1.54, 1.807) is 0 Å². The first-order chi connectivity index (χ1) is 14.3. The summed E-state index contributed by atoms with van der Waals surface area (Å²) in [6.45, 7) is 0.600. The van der Waals surface area contributed by atoms with E-state index in [-0.39, 0.29) is 0 Å². The molecule has 0 saturated carbocycles. The first-order valence-electron chi connectivity index (χ1n) is 9.71. The lowest BCUT2D eigenvalue weighted by Crippen LogP contribution is -2.05. The van der Waals surface area contributed by atoms with Crippen LogP contribution in [0.2, 0.25) is 0 Å². The van der Waals surface area contributed by atoms with Gasteiger partial charge in [-0.05, 0) is 24.3 Å². The summed E-state index contributed by atoms with van der Waals surface area (Å²) in [5.74, 6) is 0.844. The zero-order chi connectivity index (χ0) is 19.4. The van der Waals surface area contributed by atoms with Crippen molar-refractivity contribution in [3.8, 4) is 0 Å². The minimum atomic E-state index is 0.600. The van der Waals surface area contributed by atoms with Crippen LogP contribution < -0.4 is 5.32 Å². The number of benzene rings is 2. The number of para-hydroxylation sites is 2. The van der Waals surface area contributed by atoms with E-state index in [1.807, 2.05) is 18.5 Å². The Morgan fingerprint density at radius 1 is 0.828 bits per heavy atom.